The maximum absolute atomic E-state index is 2.36. The van der Waals surface area contributed by atoms with Gasteiger partial charge >= 0.3 is 0 Å². The second-order valence-electron chi connectivity index (χ2n) is 7.81. The Balaban J connectivity index is 0. The summed E-state index contributed by atoms with van der Waals surface area (Å²) in [4.78, 5) is 0. The molecule has 0 aromatic heterocycles. The minimum absolute atomic E-state index is 0.653. The van der Waals surface area contributed by atoms with E-state index in [0.717, 1.165) is 5.92 Å². The molecule has 0 atom stereocenters. The molecule has 0 heteroatoms. The Morgan fingerprint density at radius 2 is 1.16 bits per heavy atom. The van der Waals surface area contributed by atoms with Crippen LogP contribution < -0.4 is 0 Å². The lowest BCUT2D eigenvalue weighted by molar-refractivity contribution is 0.385. The van der Waals surface area contributed by atoms with Gasteiger partial charge in [-0.2, -0.15) is 0 Å². The van der Waals surface area contributed by atoms with Crippen molar-refractivity contribution in [2.45, 2.75) is 119 Å². The van der Waals surface area contributed by atoms with Crippen LogP contribution in [0.15, 0.2) is 24.3 Å². The molecule has 0 saturated heterocycles. The Kier molecular flexibility index (Phi) is 20.7. The molecule has 0 N–H and O–H groups in total. The maximum atomic E-state index is 2.36. The highest BCUT2D eigenvalue weighted by Crippen LogP contribution is 2.22. The molecule has 1 aliphatic rings. The first-order valence-electron chi connectivity index (χ1n) is 11.0. The van der Waals surface area contributed by atoms with E-state index in [1.165, 1.54) is 68.9 Å². The summed E-state index contributed by atoms with van der Waals surface area (Å²) < 4.78 is 0. The normalized spacial score (nSPS) is 13.6. The number of aryl methyl sites for hydroxylation is 1. The van der Waals surface area contributed by atoms with Crippen LogP contribution in [0.5, 0.6) is 0 Å². The summed E-state index contributed by atoms with van der Waals surface area (Å²) in [6, 6.07) is 8.71. The first-order valence-corrected chi connectivity index (χ1v) is 11.0. The van der Waals surface area contributed by atoms with Crippen molar-refractivity contribution >= 4 is 0 Å². The largest absolute Gasteiger partial charge is 0.0654 e. The van der Waals surface area contributed by atoms with Gasteiger partial charge in [0.05, 0.1) is 0 Å². The molecule has 0 bridgehead atoms. The van der Waals surface area contributed by atoms with Crippen LogP contribution in [-0.2, 0) is 0 Å². The molecule has 25 heavy (non-hydrogen) atoms. The van der Waals surface area contributed by atoms with E-state index in [-0.39, 0.29) is 0 Å². The molecule has 0 unspecified atom stereocenters. The highest BCUT2D eigenvalue weighted by atomic mass is 14.1. The van der Waals surface area contributed by atoms with Gasteiger partial charge in [0.25, 0.3) is 0 Å². The summed E-state index contributed by atoms with van der Waals surface area (Å²) in [5, 5.41) is 0. The van der Waals surface area contributed by atoms with E-state index in [1.54, 1.807) is 0 Å². The Hall–Kier alpha value is -0.780. The van der Waals surface area contributed by atoms with Crippen LogP contribution in [0, 0.1) is 12.8 Å². The second-order valence-corrected chi connectivity index (χ2v) is 7.81. The van der Waals surface area contributed by atoms with E-state index in [2.05, 4.69) is 79.7 Å². The van der Waals surface area contributed by atoms with Crippen LogP contribution in [0.1, 0.15) is 123 Å². The van der Waals surface area contributed by atoms with Crippen molar-refractivity contribution in [1.82, 2.24) is 0 Å². The smallest absolute Gasteiger partial charge is 0.0219 e. The van der Waals surface area contributed by atoms with E-state index in [1.807, 2.05) is 0 Å². The van der Waals surface area contributed by atoms with Crippen molar-refractivity contribution < 1.29 is 0 Å². The third-order valence-electron chi connectivity index (χ3n) is 4.64. The average Bonchev–Trinajstić information content (AvgIpc) is 2.63. The van der Waals surface area contributed by atoms with Gasteiger partial charge in [-0.15, -0.1) is 0 Å². The van der Waals surface area contributed by atoms with Crippen LogP contribution in [0.3, 0.4) is 0 Å². The van der Waals surface area contributed by atoms with Crippen LogP contribution in [0.25, 0.3) is 0 Å². The minimum Gasteiger partial charge on any atom is -0.0654 e. The predicted molar refractivity (Wildman–Crippen MR) is 119 cm³/mol. The van der Waals surface area contributed by atoms with Gasteiger partial charge in [0.15, 0.2) is 0 Å². The van der Waals surface area contributed by atoms with Crippen LogP contribution >= 0.6 is 0 Å². The molecule has 1 aromatic rings. The fourth-order valence-electron chi connectivity index (χ4n) is 2.26. The molecule has 148 valence electrons. The van der Waals surface area contributed by atoms with Gasteiger partial charge in [-0.25, -0.2) is 0 Å². The van der Waals surface area contributed by atoms with Gasteiger partial charge in [0.2, 0.25) is 0 Å². The van der Waals surface area contributed by atoms with Gasteiger partial charge in [-0.05, 0) is 24.3 Å². The summed E-state index contributed by atoms with van der Waals surface area (Å²) in [6.07, 6.45) is 12.7. The Morgan fingerprint density at radius 3 is 1.40 bits per heavy atom. The van der Waals surface area contributed by atoms with Crippen molar-refractivity contribution in [2.24, 2.45) is 5.92 Å². The molecule has 1 aromatic carbocycles. The highest BCUT2D eigenvalue weighted by molar-refractivity contribution is 5.23. The fourth-order valence-corrected chi connectivity index (χ4v) is 2.26. The minimum atomic E-state index is 0.653. The Bertz CT molecular complexity index is 333. The van der Waals surface area contributed by atoms with Crippen molar-refractivity contribution in [3.8, 4) is 0 Å². The zero-order valence-corrected chi connectivity index (χ0v) is 18.8. The standard InChI is InChI=1S/C10H14.C7H14.2C4H10/c1-8(2)10-6-4-9(3)5-7-10;1-7-5-3-2-4-6-7;2*1-3-4-2/h4-8H,1-3H3;7H,2-6H2,1H3;2*3-4H2,1-2H3. The summed E-state index contributed by atoms with van der Waals surface area (Å²) in [7, 11) is 0. The molecular formula is C25H48. The number of benzene rings is 1. The molecule has 0 radical (unpaired) electrons. The first-order chi connectivity index (χ1) is 11.9. The summed E-state index contributed by atoms with van der Waals surface area (Å²) in [5.41, 5.74) is 2.76. The molecular weight excluding hydrogens is 300 g/mol. The Morgan fingerprint density at radius 1 is 0.760 bits per heavy atom. The van der Waals surface area contributed by atoms with Gasteiger partial charge < -0.3 is 0 Å². The molecule has 1 saturated carbocycles. The summed E-state index contributed by atoms with van der Waals surface area (Å²) in [5.74, 6) is 1.69. The number of unbranched alkanes of at least 4 members (excludes halogenated alkanes) is 2. The summed E-state index contributed by atoms with van der Waals surface area (Å²) >= 11 is 0. The SMILES string of the molecule is CC1CCCCC1.CCCC.CCCC.Cc1ccc(C(C)C)cc1. The van der Waals surface area contributed by atoms with Crippen molar-refractivity contribution in [3.63, 3.8) is 0 Å². The van der Waals surface area contributed by atoms with Crippen molar-refractivity contribution in [3.05, 3.63) is 35.4 Å². The van der Waals surface area contributed by atoms with Crippen molar-refractivity contribution in [2.75, 3.05) is 0 Å². The van der Waals surface area contributed by atoms with Crippen LogP contribution in [-0.4, -0.2) is 0 Å². The average molecular weight is 349 g/mol. The van der Waals surface area contributed by atoms with E-state index >= 15 is 0 Å². The first kappa shape index (κ1) is 26.4. The van der Waals surface area contributed by atoms with E-state index in [9.17, 15) is 0 Å². The van der Waals surface area contributed by atoms with E-state index < -0.39 is 0 Å². The number of rotatable bonds is 3. The third-order valence-corrected chi connectivity index (χ3v) is 4.64. The molecule has 0 aliphatic heterocycles. The molecule has 0 spiro atoms. The lowest BCUT2D eigenvalue weighted by Gasteiger charge is -2.15. The molecule has 0 amide bonds. The lowest BCUT2D eigenvalue weighted by Crippen LogP contribution is -1.99. The second kappa shape index (κ2) is 19.5. The topological polar surface area (TPSA) is 0 Å². The van der Waals surface area contributed by atoms with E-state index in [4.69, 9.17) is 0 Å². The zero-order valence-electron chi connectivity index (χ0n) is 18.8. The van der Waals surface area contributed by atoms with E-state index in [0.29, 0.717) is 5.92 Å². The summed E-state index contributed by atoms with van der Waals surface area (Å²) in [6.45, 7) is 17.6. The zero-order chi connectivity index (χ0) is 19.5. The Labute approximate surface area is 160 Å². The quantitative estimate of drug-likeness (QED) is 0.510. The van der Waals surface area contributed by atoms with Gasteiger partial charge in [-0.1, -0.05) is 136 Å². The van der Waals surface area contributed by atoms with Crippen LogP contribution in [0.2, 0.25) is 0 Å². The number of hydrogen-bond donors (Lipinski definition) is 0. The van der Waals surface area contributed by atoms with Gasteiger partial charge in [0, 0.05) is 0 Å². The van der Waals surface area contributed by atoms with Crippen LogP contribution in [0.4, 0.5) is 0 Å². The molecule has 1 fully saturated rings. The lowest BCUT2D eigenvalue weighted by atomic mass is 9.91. The predicted octanol–water partition coefficient (Wildman–Crippen LogP) is 9.32. The highest BCUT2D eigenvalue weighted by Gasteiger charge is 2.05. The van der Waals surface area contributed by atoms with Gasteiger partial charge in [-0.3, -0.25) is 0 Å². The molecule has 0 heterocycles. The van der Waals surface area contributed by atoms with Gasteiger partial charge in [0.1, 0.15) is 0 Å². The third kappa shape index (κ3) is 19.4. The molecule has 0 nitrogen and oxygen atoms in total. The monoisotopic (exact) mass is 348 g/mol. The number of hydrogen-bond acceptors (Lipinski definition) is 0. The molecule has 1 aliphatic carbocycles. The maximum Gasteiger partial charge on any atom is -0.0219 e. The molecule has 2 rings (SSSR count). The fraction of sp³-hybridized carbons (Fsp3) is 0.760. The van der Waals surface area contributed by atoms with Crippen molar-refractivity contribution in [1.29, 1.82) is 0 Å².